The van der Waals surface area contributed by atoms with Crippen LogP contribution in [0.3, 0.4) is 0 Å². The highest BCUT2D eigenvalue weighted by Crippen LogP contribution is 2.45. The SMILES string of the molecule is COc1ccc(Br)cc1CCN(C)CC1(CO)CC1. The van der Waals surface area contributed by atoms with Crippen molar-refractivity contribution in [1.82, 2.24) is 4.90 Å². The molecule has 0 saturated heterocycles. The van der Waals surface area contributed by atoms with Gasteiger partial charge < -0.3 is 14.7 Å². The molecule has 1 saturated carbocycles. The summed E-state index contributed by atoms with van der Waals surface area (Å²) in [6.45, 7) is 2.28. The minimum Gasteiger partial charge on any atom is -0.496 e. The second-order valence-electron chi connectivity index (χ2n) is 5.60. The molecule has 1 fully saturated rings. The van der Waals surface area contributed by atoms with Crippen LogP contribution in [0.5, 0.6) is 5.75 Å². The summed E-state index contributed by atoms with van der Waals surface area (Å²) >= 11 is 3.50. The van der Waals surface area contributed by atoms with Gasteiger partial charge in [0.1, 0.15) is 5.75 Å². The highest BCUT2D eigenvalue weighted by Gasteiger charge is 2.42. The predicted octanol–water partition coefficient (Wildman–Crippen LogP) is 2.70. The number of hydrogen-bond donors (Lipinski definition) is 1. The average molecular weight is 328 g/mol. The molecule has 1 N–H and O–H groups in total. The van der Waals surface area contributed by atoms with E-state index < -0.39 is 0 Å². The van der Waals surface area contributed by atoms with Crippen LogP contribution in [0, 0.1) is 5.41 Å². The molecule has 19 heavy (non-hydrogen) atoms. The lowest BCUT2D eigenvalue weighted by Gasteiger charge is -2.22. The summed E-state index contributed by atoms with van der Waals surface area (Å²) in [6.07, 6.45) is 3.28. The molecule has 3 nitrogen and oxygen atoms in total. The lowest BCUT2D eigenvalue weighted by Crippen LogP contribution is -2.30. The van der Waals surface area contributed by atoms with Crippen LogP contribution in [0.1, 0.15) is 18.4 Å². The van der Waals surface area contributed by atoms with Gasteiger partial charge in [0.2, 0.25) is 0 Å². The Morgan fingerprint density at radius 2 is 2.16 bits per heavy atom. The van der Waals surface area contributed by atoms with E-state index in [4.69, 9.17) is 4.74 Å². The minimum atomic E-state index is 0.191. The third-order valence-corrected chi connectivity index (χ3v) is 4.40. The molecule has 0 bridgehead atoms. The first-order valence-electron chi connectivity index (χ1n) is 6.70. The summed E-state index contributed by atoms with van der Waals surface area (Å²) in [7, 11) is 3.83. The molecular formula is C15H22BrNO2. The van der Waals surface area contributed by atoms with Crippen molar-refractivity contribution in [3.05, 3.63) is 28.2 Å². The van der Waals surface area contributed by atoms with Crippen molar-refractivity contribution < 1.29 is 9.84 Å². The topological polar surface area (TPSA) is 32.7 Å². The monoisotopic (exact) mass is 327 g/mol. The Bertz CT molecular complexity index is 432. The second-order valence-corrected chi connectivity index (χ2v) is 6.52. The predicted molar refractivity (Wildman–Crippen MR) is 80.6 cm³/mol. The molecule has 0 radical (unpaired) electrons. The first-order chi connectivity index (χ1) is 9.08. The van der Waals surface area contributed by atoms with Gasteiger partial charge in [0, 0.05) is 29.6 Å². The zero-order chi connectivity index (χ0) is 13.9. The third kappa shape index (κ3) is 3.94. The quantitative estimate of drug-likeness (QED) is 0.835. The van der Waals surface area contributed by atoms with Gasteiger partial charge in [-0.15, -0.1) is 0 Å². The van der Waals surface area contributed by atoms with Crippen LogP contribution in [0.4, 0.5) is 0 Å². The number of nitrogens with zero attached hydrogens (tertiary/aromatic N) is 1. The van der Waals surface area contributed by atoms with Gasteiger partial charge in [0.25, 0.3) is 0 Å². The molecule has 1 aromatic rings. The number of halogens is 1. The Morgan fingerprint density at radius 1 is 1.42 bits per heavy atom. The van der Waals surface area contributed by atoms with E-state index in [9.17, 15) is 5.11 Å². The Labute approximate surface area is 123 Å². The highest BCUT2D eigenvalue weighted by atomic mass is 79.9. The molecule has 0 unspecified atom stereocenters. The van der Waals surface area contributed by atoms with Crippen LogP contribution < -0.4 is 4.74 Å². The molecule has 0 amide bonds. The molecule has 0 aromatic heterocycles. The molecule has 106 valence electrons. The van der Waals surface area contributed by atoms with Crippen molar-refractivity contribution in [1.29, 1.82) is 0 Å². The normalized spacial score (nSPS) is 16.7. The van der Waals surface area contributed by atoms with Crippen molar-refractivity contribution in [2.75, 3.05) is 33.9 Å². The van der Waals surface area contributed by atoms with E-state index in [2.05, 4.69) is 33.9 Å². The maximum atomic E-state index is 9.36. The highest BCUT2D eigenvalue weighted by molar-refractivity contribution is 9.10. The molecule has 4 heteroatoms. The van der Waals surface area contributed by atoms with Gasteiger partial charge in [0.05, 0.1) is 7.11 Å². The second kappa shape index (κ2) is 6.25. The molecule has 1 aliphatic carbocycles. The molecule has 0 atom stereocenters. The van der Waals surface area contributed by atoms with Crippen molar-refractivity contribution in [2.45, 2.75) is 19.3 Å². The Morgan fingerprint density at radius 3 is 2.74 bits per heavy atom. The van der Waals surface area contributed by atoms with Gasteiger partial charge in [-0.3, -0.25) is 0 Å². The molecule has 0 heterocycles. The number of benzene rings is 1. The van der Waals surface area contributed by atoms with Crippen LogP contribution in [0.2, 0.25) is 0 Å². The lowest BCUT2D eigenvalue weighted by atomic mass is 10.1. The minimum absolute atomic E-state index is 0.191. The summed E-state index contributed by atoms with van der Waals surface area (Å²) in [5.74, 6) is 0.944. The van der Waals surface area contributed by atoms with E-state index in [1.807, 2.05) is 12.1 Å². The van der Waals surface area contributed by atoms with E-state index in [1.165, 1.54) is 5.56 Å². The molecule has 1 aliphatic rings. The molecule has 0 spiro atoms. The fourth-order valence-corrected chi connectivity index (χ4v) is 2.86. The number of methoxy groups -OCH3 is 1. The third-order valence-electron chi connectivity index (χ3n) is 3.90. The summed E-state index contributed by atoms with van der Waals surface area (Å²) in [5, 5.41) is 9.36. The zero-order valence-electron chi connectivity index (χ0n) is 11.7. The van der Waals surface area contributed by atoms with Crippen LogP contribution in [0.25, 0.3) is 0 Å². The summed E-state index contributed by atoms with van der Waals surface area (Å²) in [6, 6.07) is 6.11. The van der Waals surface area contributed by atoms with E-state index >= 15 is 0 Å². The van der Waals surface area contributed by atoms with Crippen LogP contribution >= 0.6 is 15.9 Å². The standard InChI is InChI=1S/C15H22BrNO2/c1-17(10-15(11-18)6-7-15)8-5-12-9-13(16)3-4-14(12)19-2/h3-4,9,18H,5-8,10-11H2,1-2H3. The van der Waals surface area contributed by atoms with E-state index in [0.29, 0.717) is 6.61 Å². The first kappa shape index (κ1) is 14.8. The van der Waals surface area contributed by atoms with Gasteiger partial charge >= 0.3 is 0 Å². The largest absolute Gasteiger partial charge is 0.496 e. The maximum Gasteiger partial charge on any atom is 0.122 e. The van der Waals surface area contributed by atoms with Crippen molar-refractivity contribution >= 4 is 15.9 Å². The summed E-state index contributed by atoms with van der Waals surface area (Å²) in [4.78, 5) is 2.31. The summed E-state index contributed by atoms with van der Waals surface area (Å²) < 4.78 is 6.47. The Hall–Kier alpha value is -0.580. The van der Waals surface area contributed by atoms with Gasteiger partial charge in [-0.25, -0.2) is 0 Å². The first-order valence-corrected chi connectivity index (χ1v) is 7.50. The molecule has 2 rings (SSSR count). The number of aliphatic hydroxyl groups is 1. The van der Waals surface area contributed by atoms with E-state index in [-0.39, 0.29) is 5.41 Å². The van der Waals surface area contributed by atoms with Crippen molar-refractivity contribution in [3.63, 3.8) is 0 Å². The molecular weight excluding hydrogens is 306 g/mol. The van der Waals surface area contributed by atoms with Crippen LogP contribution in [0.15, 0.2) is 22.7 Å². The van der Waals surface area contributed by atoms with Gasteiger partial charge in [0.15, 0.2) is 0 Å². The number of likely N-dealkylation sites (N-methyl/N-ethyl adjacent to an activating group) is 1. The number of aliphatic hydroxyl groups excluding tert-OH is 1. The van der Waals surface area contributed by atoms with Crippen LogP contribution in [-0.2, 0) is 6.42 Å². The fraction of sp³-hybridized carbons (Fsp3) is 0.600. The summed E-state index contributed by atoms with van der Waals surface area (Å²) in [5.41, 5.74) is 1.41. The van der Waals surface area contributed by atoms with Crippen molar-refractivity contribution in [2.24, 2.45) is 5.41 Å². The van der Waals surface area contributed by atoms with E-state index in [0.717, 1.165) is 42.6 Å². The van der Waals surface area contributed by atoms with E-state index in [1.54, 1.807) is 7.11 Å². The number of hydrogen-bond acceptors (Lipinski definition) is 3. The fourth-order valence-electron chi connectivity index (χ4n) is 2.45. The average Bonchev–Trinajstić information content (AvgIpc) is 3.17. The van der Waals surface area contributed by atoms with Gasteiger partial charge in [-0.1, -0.05) is 15.9 Å². The van der Waals surface area contributed by atoms with Gasteiger partial charge in [-0.2, -0.15) is 0 Å². The lowest BCUT2D eigenvalue weighted by molar-refractivity contribution is 0.164. The van der Waals surface area contributed by atoms with Crippen LogP contribution in [-0.4, -0.2) is 43.9 Å². The Kier molecular flexibility index (Phi) is 4.87. The Balaban J connectivity index is 1.89. The number of rotatable bonds is 7. The van der Waals surface area contributed by atoms with Crippen molar-refractivity contribution in [3.8, 4) is 5.75 Å². The maximum absolute atomic E-state index is 9.36. The zero-order valence-corrected chi connectivity index (χ0v) is 13.2. The van der Waals surface area contributed by atoms with Gasteiger partial charge in [-0.05, 0) is 50.1 Å². The molecule has 0 aliphatic heterocycles. The smallest absolute Gasteiger partial charge is 0.122 e. The molecule has 1 aromatic carbocycles. The number of ether oxygens (including phenoxy) is 1.